The molecule has 458 valence electrons. The van der Waals surface area contributed by atoms with Gasteiger partial charge in [0.05, 0.1) is 22.1 Å². The van der Waals surface area contributed by atoms with Gasteiger partial charge >= 0.3 is 0 Å². The van der Waals surface area contributed by atoms with Crippen molar-refractivity contribution < 1.29 is 4.42 Å². The molecular weight excluding hydrogens is 1140 g/mol. The van der Waals surface area contributed by atoms with Crippen molar-refractivity contribution in [2.75, 3.05) is 0 Å². The summed E-state index contributed by atoms with van der Waals surface area (Å²) >= 11 is 0. The molecule has 3 nitrogen and oxygen atoms in total. The molecule has 4 heteroatoms. The topological polar surface area (TPSA) is 23.0 Å². The largest absolute Gasteiger partial charge is 0.577 e. The maximum absolute atomic E-state index is 6.57. The molecule has 0 atom stereocenters. The highest BCUT2D eigenvalue weighted by molar-refractivity contribution is 6.92. The van der Waals surface area contributed by atoms with Gasteiger partial charge in [0.2, 0.25) is 0 Å². The Hall–Kier alpha value is -9.53. The van der Waals surface area contributed by atoms with Crippen LogP contribution in [-0.2, 0) is 5.41 Å². The van der Waals surface area contributed by atoms with Gasteiger partial charge in [-0.05, 0) is 176 Å². The Balaban J connectivity index is 0.00000716. The van der Waals surface area contributed by atoms with E-state index in [4.69, 9.17) is 4.42 Å². The second-order valence-corrected chi connectivity index (χ2v) is 26.1. The highest BCUT2D eigenvalue weighted by Crippen LogP contribution is 2.56. The number of nitrogens with zero attached hydrogens (tertiary/aromatic N) is 2. The van der Waals surface area contributed by atoms with E-state index in [0.29, 0.717) is 0 Å². The first-order valence-electron chi connectivity index (χ1n) is 34.2. The molecule has 0 saturated heterocycles. The summed E-state index contributed by atoms with van der Waals surface area (Å²) in [5.74, 6) is 0. The summed E-state index contributed by atoms with van der Waals surface area (Å²) in [6, 6.07) is 100. The van der Waals surface area contributed by atoms with Gasteiger partial charge in [0.25, 0.3) is 0 Å². The zero-order valence-electron chi connectivity index (χ0n) is 53.7. The Bertz CT molecular complexity index is 5170. The molecule has 0 saturated carbocycles. The van der Waals surface area contributed by atoms with Crippen LogP contribution in [0.5, 0.6) is 0 Å². The Labute approximate surface area is 551 Å². The first-order valence-corrected chi connectivity index (χ1v) is 34.2. The van der Waals surface area contributed by atoms with Crippen LogP contribution >= 0.6 is 9.90 Å². The first-order chi connectivity index (χ1) is 45.5. The maximum Gasteiger partial charge on any atom is 0.143 e. The molecule has 3 aromatic heterocycles. The number of fused-ring (bicyclic) bond motifs is 12. The van der Waals surface area contributed by atoms with Crippen molar-refractivity contribution in [3.05, 3.63) is 278 Å². The lowest BCUT2D eigenvalue weighted by molar-refractivity contribution is 0.398. The van der Waals surface area contributed by atoms with Crippen molar-refractivity contribution in [3.63, 3.8) is 0 Å². The third-order valence-corrected chi connectivity index (χ3v) is 20.5. The smallest absolute Gasteiger partial charge is 0.143 e. The Morgan fingerprint density at radius 1 is 0.280 bits per heavy atom. The molecule has 0 aliphatic heterocycles. The normalized spacial score (nSPS) is 12.6. The molecule has 0 bridgehead atoms. The van der Waals surface area contributed by atoms with E-state index in [9.17, 15) is 0 Å². The lowest BCUT2D eigenvalue weighted by Gasteiger charge is -2.33. The Morgan fingerprint density at radius 3 is 1.15 bits per heavy atom. The minimum absolute atomic E-state index is 0. The van der Waals surface area contributed by atoms with E-state index in [-0.39, 0.29) is 15.3 Å². The van der Waals surface area contributed by atoms with Gasteiger partial charge in [-0.2, -0.15) is 0 Å². The summed E-state index contributed by atoms with van der Waals surface area (Å²) in [5.41, 5.74) is 26.9. The second kappa shape index (κ2) is 25.9. The molecule has 1 aliphatic carbocycles. The Kier molecular flexibility index (Phi) is 16.6. The summed E-state index contributed by atoms with van der Waals surface area (Å²) in [6.07, 6.45) is 17.8. The number of hydrogen-bond donors (Lipinski definition) is 0. The summed E-state index contributed by atoms with van der Waals surface area (Å²) in [7, 11) is 0. The van der Waals surface area contributed by atoms with Gasteiger partial charge in [0, 0.05) is 54.7 Å². The van der Waals surface area contributed by atoms with Crippen LogP contribution in [0.25, 0.3) is 144 Å². The van der Waals surface area contributed by atoms with E-state index in [1.54, 1.807) is 5.56 Å². The van der Waals surface area contributed by atoms with Gasteiger partial charge in [-0.1, -0.05) is 267 Å². The van der Waals surface area contributed by atoms with Crippen LogP contribution in [0.1, 0.15) is 115 Å². The fraction of sp³-hybridized carbons (Fsp3) is 0.191. The van der Waals surface area contributed by atoms with Gasteiger partial charge in [-0.15, -0.1) is 0 Å². The van der Waals surface area contributed by atoms with Crippen LogP contribution in [0.2, 0.25) is 0 Å². The zero-order chi connectivity index (χ0) is 61.5. The summed E-state index contributed by atoms with van der Waals surface area (Å²) in [4.78, 5) is 0. The number of para-hydroxylation sites is 3. The number of rotatable bonds is 21. The fourth-order valence-electron chi connectivity index (χ4n) is 15.9. The van der Waals surface area contributed by atoms with Gasteiger partial charge in [-0.25, -0.2) is 0 Å². The van der Waals surface area contributed by atoms with E-state index in [2.05, 4.69) is 290 Å². The van der Waals surface area contributed by atoms with Crippen molar-refractivity contribution >= 4 is 75.4 Å². The summed E-state index contributed by atoms with van der Waals surface area (Å²) in [5, 5.41) is 7.24. The molecule has 12 aromatic carbocycles. The molecule has 15 aromatic rings. The number of aromatic nitrogens is 2. The van der Waals surface area contributed by atoms with Crippen molar-refractivity contribution in [2.24, 2.45) is 0 Å². The quantitative estimate of drug-likeness (QED) is 0.0519. The number of hydrogen-bond acceptors (Lipinski definition) is 1. The van der Waals surface area contributed by atoms with E-state index in [1.807, 2.05) is 0 Å². The van der Waals surface area contributed by atoms with Crippen LogP contribution in [-0.4, -0.2) is 9.13 Å². The van der Waals surface area contributed by atoms with E-state index in [1.165, 1.54) is 195 Å². The van der Waals surface area contributed by atoms with Crippen molar-refractivity contribution in [2.45, 2.75) is 109 Å². The standard InChI is InChI=1S/C89H78N2O.H2P/c1-3-5-7-9-11-24-53-89(54-25-12-10-8-6-4-2)81-59-68(62-29-18-14-19-30-62)39-47-73(81)74-48-40-69(60-82(74)89)67-44-52-86-80(58-67)79-57-66(43-51-85(79)91(86)71-45-37-63(38-46-71)72-34-26-35-76-75-33-22-23-36-87(75)92-88(72)76)65-42-50-84-78(56-65)77-55-64(61-27-16-13-17-28-61)41-49-83(77)90(84)70-31-20-15-21-32-70;/h13-23,26-52,55-60H,3-12,24-25,53-54H2,1-2H3;1H2/q;-1. The van der Waals surface area contributed by atoms with E-state index >= 15 is 0 Å². The van der Waals surface area contributed by atoms with Crippen molar-refractivity contribution in [1.82, 2.24) is 9.13 Å². The van der Waals surface area contributed by atoms with Gasteiger partial charge in [-0.3, -0.25) is 0 Å². The summed E-state index contributed by atoms with van der Waals surface area (Å²) < 4.78 is 11.5. The van der Waals surface area contributed by atoms with Crippen molar-refractivity contribution in [1.29, 1.82) is 0 Å². The monoisotopic (exact) mass is 1220 g/mol. The highest BCUT2D eigenvalue weighted by atomic mass is 31.0. The molecule has 0 amide bonds. The predicted molar refractivity (Wildman–Crippen MR) is 401 cm³/mol. The van der Waals surface area contributed by atoms with Crippen LogP contribution in [0.3, 0.4) is 0 Å². The molecule has 93 heavy (non-hydrogen) atoms. The van der Waals surface area contributed by atoms with Crippen LogP contribution in [0, 0.1) is 0 Å². The van der Waals surface area contributed by atoms with E-state index in [0.717, 1.165) is 44.4 Å². The van der Waals surface area contributed by atoms with Gasteiger partial charge in [0.1, 0.15) is 11.2 Å². The third-order valence-electron chi connectivity index (χ3n) is 20.5. The third kappa shape index (κ3) is 10.9. The molecule has 1 aliphatic rings. The van der Waals surface area contributed by atoms with Crippen LogP contribution in [0.15, 0.2) is 271 Å². The molecule has 3 heterocycles. The highest BCUT2D eigenvalue weighted by Gasteiger charge is 2.43. The second-order valence-electron chi connectivity index (χ2n) is 26.1. The molecule has 0 radical (unpaired) electrons. The first kappa shape index (κ1) is 59.8. The van der Waals surface area contributed by atoms with Gasteiger partial charge < -0.3 is 23.5 Å². The zero-order valence-corrected chi connectivity index (χ0v) is 54.8. The molecule has 0 N–H and O–H groups in total. The lowest BCUT2D eigenvalue weighted by Crippen LogP contribution is -2.25. The van der Waals surface area contributed by atoms with Crippen LogP contribution in [0.4, 0.5) is 0 Å². The Morgan fingerprint density at radius 2 is 0.656 bits per heavy atom. The average molecular weight is 1220 g/mol. The van der Waals surface area contributed by atoms with Crippen molar-refractivity contribution in [3.8, 4) is 78.1 Å². The number of benzene rings is 12. The fourth-order valence-corrected chi connectivity index (χ4v) is 15.9. The van der Waals surface area contributed by atoms with Crippen LogP contribution < -0.4 is 0 Å². The molecule has 0 unspecified atom stereocenters. The minimum Gasteiger partial charge on any atom is -0.577 e. The van der Waals surface area contributed by atoms with E-state index < -0.39 is 0 Å². The maximum atomic E-state index is 6.57. The molecule has 0 spiro atoms. The SMILES string of the molecule is CCCCCCCCC1(CCCCCCCC)c2cc(-c3ccccc3)ccc2-c2ccc(-c3ccc4c(c3)c3cc(-c5ccc6c(c5)c5cc(-c7ccccc7)ccc5n6-c5ccccc5)ccc3n4-c3ccc(-c4cccc5c4oc4ccccc45)cc3)cc21.[PH2-]. The van der Waals surface area contributed by atoms with Gasteiger partial charge in [0.15, 0.2) is 0 Å². The number of furan rings is 1. The summed E-state index contributed by atoms with van der Waals surface area (Å²) in [6.45, 7) is 4.66. The molecular formula is C89H80N2OP-. The predicted octanol–water partition coefficient (Wildman–Crippen LogP) is 26.2. The lowest BCUT2D eigenvalue weighted by atomic mass is 9.70. The molecule has 0 fully saturated rings. The molecule has 16 rings (SSSR count). The minimum atomic E-state index is -0.0737. The average Bonchev–Trinajstić information content (AvgIpc) is 2.00. The number of unbranched alkanes of at least 4 members (excludes halogenated alkanes) is 10.